The predicted molar refractivity (Wildman–Crippen MR) is 89.5 cm³/mol. The molecule has 0 radical (unpaired) electrons. The molecule has 1 unspecified atom stereocenters. The minimum Gasteiger partial charge on any atom is -0.327 e. The maximum atomic E-state index is 6.35. The van der Waals surface area contributed by atoms with Crippen LogP contribution in [0.4, 0.5) is 0 Å². The first-order valence-electron chi connectivity index (χ1n) is 7.90. The van der Waals surface area contributed by atoms with Crippen LogP contribution in [0.15, 0.2) is 18.2 Å². The minimum absolute atomic E-state index is 0.0297. The number of rotatable bonds is 7. The van der Waals surface area contributed by atoms with Gasteiger partial charge in [-0.15, -0.1) is 0 Å². The largest absolute Gasteiger partial charge is 0.327 e. The van der Waals surface area contributed by atoms with Gasteiger partial charge in [0.05, 0.1) is 17.1 Å². The third-order valence-electron chi connectivity index (χ3n) is 3.85. The van der Waals surface area contributed by atoms with Crippen molar-refractivity contribution in [3.8, 4) is 0 Å². The van der Waals surface area contributed by atoms with Crippen LogP contribution in [0.2, 0.25) is 0 Å². The molecule has 0 bridgehead atoms. The Kier molecular flexibility index (Phi) is 5.37. The van der Waals surface area contributed by atoms with Crippen LogP contribution in [0.5, 0.6) is 0 Å². The molecule has 0 aliphatic heterocycles. The van der Waals surface area contributed by atoms with Crippen LogP contribution >= 0.6 is 0 Å². The smallest absolute Gasteiger partial charge is 0.126 e. The number of imidazole rings is 1. The van der Waals surface area contributed by atoms with Crippen LogP contribution in [0.1, 0.15) is 43.6 Å². The molecule has 1 heterocycles. The van der Waals surface area contributed by atoms with Crippen molar-refractivity contribution < 1.29 is 0 Å². The Balaban J connectivity index is 2.34. The van der Waals surface area contributed by atoms with Gasteiger partial charge in [0, 0.05) is 6.54 Å². The Morgan fingerprint density at radius 1 is 1.33 bits per heavy atom. The molecule has 1 aromatic carbocycles. The molecule has 0 saturated carbocycles. The molecule has 2 N–H and O–H groups in total. The van der Waals surface area contributed by atoms with Gasteiger partial charge in [0.2, 0.25) is 0 Å². The highest BCUT2D eigenvalue weighted by atomic mass is 15.1. The highest BCUT2D eigenvalue weighted by molar-refractivity contribution is 5.77. The first-order chi connectivity index (χ1) is 10.0. The van der Waals surface area contributed by atoms with Gasteiger partial charge in [0.25, 0.3) is 0 Å². The van der Waals surface area contributed by atoms with Crippen LogP contribution in [0.3, 0.4) is 0 Å². The van der Waals surface area contributed by atoms with Gasteiger partial charge in [-0.3, -0.25) is 0 Å². The highest BCUT2D eigenvalue weighted by Crippen LogP contribution is 2.23. The second kappa shape index (κ2) is 7.05. The number of aryl methyl sites for hydroxylation is 2. The molecule has 0 aliphatic rings. The first-order valence-corrected chi connectivity index (χ1v) is 7.90. The minimum atomic E-state index is 0.0297. The van der Waals surface area contributed by atoms with Crippen molar-refractivity contribution in [2.24, 2.45) is 5.73 Å². The molecule has 1 atom stereocenters. The summed E-state index contributed by atoms with van der Waals surface area (Å²) in [5.41, 5.74) is 9.87. The molecule has 2 rings (SSSR count). The number of fused-ring (bicyclic) bond motifs is 1. The second-order valence-corrected chi connectivity index (χ2v) is 6.17. The Morgan fingerprint density at radius 2 is 2.10 bits per heavy atom. The molecular weight excluding hydrogens is 260 g/mol. The molecule has 0 fully saturated rings. The summed E-state index contributed by atoms with van der Waals surface area (Å²) in [5, 5.41) is 0. The lowest BCUT2D eigenvalue weighted by Gasteiger charge is -2.15. The zero-order valence-corrected chi connectivity index (χ0v) is 13.8. The van der Waals surface area contributed by atoms with E-state index < -0.39 is 0 Å². The maximum Gasteiger partial charge on any atom is 0.126 e. The maximum absolute atomic E-state index is 6.35. The summed E-state index contributed by atoms with van der Waals surface area (Å²) < 4.78 is 2.32. The van der Waals surface area contributed by atoms with Gasteiger partial charge >= 0.3 is 0 Å². The summed E-state index contributed by atoms with van der Waals surface area (Å²) in [7, 11) is 4.22. The van der Waals surface area contributed by atoms with Gasteiger partial charge in [-0.25, -0.2) is 4.98 Å². The zero-order valence-electron chi connectivity index (χ0n) is 13.8. The number of hydrogen-bond acceptors (Lipinski definition) is 3. The van der Waals surface area contributed by atoms with E-state index in [-0.39, 0.29) is 6.04 Å². The summed E-state index contributed by atoms with van der Waals surface area (Å²) >= 11 is 0. The molecule has 116 valence electrons. The van der Waals surface area contributed by atoms with E-state index in [1.54, 1.807) is 0 Å². The fourth-order valence-corrected chi connectivity index (χ4v) is 2.76. The molecule has 4 heteroatoms. The van der Waals surface area contributed by atoms with Gasteiger partial charge in [0.15, 0.2) is 0 Å². The molecular formula is C17H28N4. The predicted octanol–water partition coefficient (Wildman–Crippen LogP) is 3.10. The summed E-state index contributed by atoms with van der Waals surface area (Å²) in [6.45, 7) is 6.33. The van der Waals surface area contributed by atoms with E-state index in [1.165, 1.54) is 11.1 Å². The van der Waals surface area contributed by atoms with Crippen molar-refractivity contribution >= 4 is 11.0 Å². The van der Waals surface area contributed by atoms with E-state index in [4.69, 9.17) is 10.7 Å². The third-order valence-corrected chi connectivity index (χ3v) is 3.85. The molecule has 21 heavy (non-hydrogen) atoms. The van der Waals surface area contributed by atoms with Crippen LogP contribution in [-0.2, 0) is 6.54 Å². The monoisotopic (exact) mass is 288 g/mol. The van der Waals surface area contributed by atoms with Crippen LogP contribution < -0.4 is 5.73 Å². The molecule has 2 aromatic rings. The van der Waals surface area contributed by atoms with Crippen LogP contribution in [-0.4, -0.2) is 35.1 Å². The van der Waals surface area contributed by atoms with E-state index in [0.29, 0.717) is 0 Å². The van der Waals surface area contributed by atoms with Crippen molar-refractivity contribution in [3.05, 3.63) is 29.6 Å². The van der Waals surface area contributed by atoms with Gasteiger partial charge in [-0.05, 0) is 58.1 Å². The lowest BCUT2D eigenvalue weighted by molar-refractivity contribution is 0.384. The number of hydrogen-bond donors (Lipinski definition) is 1. The SMILES string of the molecule is CCCC(N)c1nc2cc(C)ccc2n1CCCN(C)C. The quantitative estimate of drug-likeness (QED) is 0.851. The molecule has 0 amide bonds. The average molecular weight is 288 g/mol. The normalized spacial score (nSPS) is 13.2. The number of nitrogens with two attached hydrogens (primary N) is 1. The van der Waals surface area contributed by atoms with Crippen molar-refractivity contribution in [1.82, 2.24) is 14.5 Å². The van der Waals surface area contributed by atoms with Gasteiger partial charge in [-0.2, -0.15) is 0 Å². The van der Waals surface area contributed by atoms with Crippen molar-refractivity contribution in [2.75, 3.05) is 20.6 Å². The Morgan fingerprint density at radius 3 is 2.76 bits per heavy atom. The Labute approximate surface area is 128 Å². The lowest BCUT2D eigenvalue weighted by atomic mass is 10.1. The summed E-state index contributed by atoms with van der Waals surface area (Å²) in [6.07, 6.45) is 3.18. The van der Waals surface area contributed by atoms with Crippen LogP contribution in [0.25, 0.3) is 11.0 Å². The lowest BCUT2D eigenvalue weighted by Crippen LogP contribution is -2.19. The fourth-order valence-electron chi connectivity index (χ4n) is 2.76. The summed E-state index contributed by atoms with van der Waals surface area (Å²) in [6, 6.07) is 6.51. The first kappa shape index (κ1) is 16.0. The molecule has 4 nitrogen and oxygen atoms in total. The van der Waals surface area contributed by atoms with Crippen molar-refractivity contribution in [3.63, 3.8) is 0 Å². The topological polar surface area (TPSA) is 47.1 Å². The van der Waals surface area contributed by atoms with Crippen LogP contribution in [0, 0.1) is 6.92 Å². The fraction of sp³-hybridized carbons (Fsp3) is 0.588. The van der Waals surface area contributed by atoms with Gasteiger partial charge < -0.3 is 15.2 Å². The van der Waals surface area contributed by atoms with Gasteiger partial charge in [0.1, 0.15) is 5.82 Å². The van der Waals surface area contributed by atoms with Gasteiger partial charge in [-0.1, -0.05) is 19.4 Å². The molecule has 1 aromatic heterocycles. The van der Waals surface area contributed by atoms with E-state index >= 15 is 0 Å². The second-order valence-electron chi connectivity index (χ2n) is 6.17. The Hall–Kier alpha value is -1.39. The third kappa shape index (κ3) is 3.83. The summed E-state index contributed by atoms with van der Waals surface area (Å²) in [4.78, 5) is 7.03. The van der Waals surface area contributed by atoms with E-state index in [9.17, 15) is 0 Å². The van der Waals surface area contributed by atoms with E-state index in [0.717, 1.165) is 43.7 Å². The summed E-state index contributed by atoms with van der Waals surface area (Å²) in [5.74, 6) is 1.04. The highest BCUT2D eigenvalue weighted by Gasteiger charge is 2.16. The van der Waals surface area contributed by atoms with Crippen molar-refractivity contribution in [1.29, 1.82) is 0 Å². The number of aromatic nitrogens is 2. The average Bonchev–Trinajstić information content (AvgIpc) is 2.77. The van der Waals surface area contributed by atoms with E-state index in [1.807, 2.05) is 0 Å². The number of nitrogens with zero attached hydrogens (tertiary/aromatic N) is 3. The van der Waals surface area contributed by atoms with Crippen molar-refractivity contribution in [2.45, 2.75) is 45.7 Å². The molecule has 0 saturated heterocycles. The zero-order chi connectivity index (χ0) is 15.4. The Bertz CT molecular complexity index is 586. The van der Waals surface area contributed by atoms with E-state index in [2.05, 4.69) is 55.6 Å². The number of benzene rings is 1. The molecule has 0 spiro atoms. The standard InChI is InChI=1S/C17H28N4/c1-5-7-14(18)17-19-15-12-13(2)8-9-16(15)21(17)11-6-10-20(3)4/h8-9,12,14H,5-7,10-11,18H2,1-4H3. The molecule has 0 aliphatic carbocycles.